The van der Waals surface area contributed by atoms with Gasteiger partial charge in [0.2, 0.25) is 0 Å². The number of ether oxygens (including phenoxy) is 1. The lowest BCUT2D eigenvalue weighted by atomic mass is 10.2. The molecule has 150 valence electrons. The summed E-state index contributed by atoms with van der Waals surface area (Å²) in [7, 11) is 0. The number of para-hydroxylation sites is 1. The number of nitro benzene ring substituents is 1. The lowest BCUT2D eigenvalue weighted by Crippen LogP contribution is -2.43. The first-order chi connectivity index (χ1) is 14.1. The fraction of sp³-hybridized carbons (Fsp3) is 0.300. The highest BCUT2D eigenvalue weighted by molar-refractivity contribution is 7.22. The van der Waals surface area contributed by atoms with Crippen LogP contribution in [0.5, 0.6) is 0 Å². The van der Waals surface area contributed by atoms with Gasteiger partial charge in [0.15, 0.2) is 5.13 Å². The highest BCUT2D eigenvalue weighted by atomic mass is 32.1. The van der Waals surface area contributed by atoms with Gasteiger partial charge >= 0.3 is 0 Å². The number of rotatable bonds is 6. The van der Waals surface area contributed by atoms with Crippen LogP contribution in [0.1, 0.15) is 10.4 Å². The third kappa shape index (κ3) is 4.42. The summed E-state index contributed by atoms with van der Waals surface area (Å²) in [6.07, 6.45) is 0. The molecule has 0 radical (unpaired) electrons. The summed E-state index contributed by atoms with van der Waals surface area (Å²) in [5.74, 6) is -0.291. The zero-order valence-electron chi connectivity index (χ0n) is 15.7. The quantitative estimate of drug-likeness (QED) is 0.456. The van der Waals surface area contributed by atoms with Gasteiger partial charge in [-0.2, -0.15) is 0 Å². The molecule has 0 spiro atoms. The zero-order valence-corrected chi connectivity index (χ0v) is 16.5. The highest BCUT2D eigenvalue weighted by Crippen LogP contribution is 2.30. The fourth-order valence-corrected chi connectivity index (χ4v) is 4.22. The molecule has 4 rings (SSSR count). The predicted octanol–water partition coefficient (Wildman–Crippen LogP) is 3.18. The van der Waals surface area contributed by atoms with Crippen molar-refractivity contribution in [3.05, 3.63) is 64.2 Å². The second kappa shape index (κ2) is 8.64. The summed E-state index contributed by atoms with van der Waals surface area (Å²) in [5.41, 5.74) is 1.00. The van der Waals surface area contributed by atoms with Crippen molar-refractivity contribution in [3.8, 4) is 0 Å². The number of amides is 1. The molecule has 1 amide bonds. The van der Waals surface area contributed by atoms with Crippen LogP contribution in [0, 0.1) is 10.1 Å². The topological polar surface area (TPSA) is 88.8 Å². The van der Waals surface area contributed by atoms with Crippen LogP contribution in [0.2, 0.25) is 0 Å². The van der Waals surface area contributed by atoms with Crippen molar-refractivity contribution in [2.75, 3.05) is 44.3 Å². The summed E-state index contributed by atoms with van der Waals surface area (Å²) in [5, 5.41) is 11.7. The fourth-order valence-electron chi connectivity index (χ4n) is 3.23. The SMILES string of the molecule is O=C(c1cccc([N+](=O)[O-])c1)N(CCN1CCOCC1)c1nc2ccccc2s1. The van der Waals surface area contributed by atoms with E-state index >= 15 is 0 Å². The second-order valence-electron chi connectivity index (χ2n) is 6.68. The summed E-state index contributed by atoms with van der Waals surface area (Å²) >= 11 is 1.44. The Kier molecular flexibility index (Phi) is 5.79. The molecule has 1 saturated heterocycles. The zero-order chi connectivity index (χ0) is 20.2. The van der Waals surface area contributed by atoms with Crippen molar-refractivity contribution in [2.45, 2.75) is 0 Å². The number of carbonyl (C=O) groups is 1. The van der Waals surface area contributed by atoms with Gasteiger partial charge in [-0.1, -0.05) is 29.5 Å². The maximum absolute atomic E-state index is 13.3. The van der Waals surface area contributed by atoms with Crippen LogP contribution in [0.15, 0.2) is 48.5 Å². The number of hydrogen-bond donors (Lipinski definition) is 0. The average molecular weight is 412 g/mol. The molecule has 0 N–H and O–H groups in total. The molecule has 0 aliphatic carbocycles. The standard InChI is InChI=1S/C20H20N4O4S/c25-19(15-4-3-5-16(14-15)24(26)27)23(9-8-22-10-12-28-13-11-22)20-21-17-6-1-2-7-18(17)29-20/h1-7,14H,8-13H2. The van der Waals surface area contributed by atoms with Gasteiger partial charge < -0.3 is 4.74 Å². The number of aromatic nitrogens is 1. The minimum atomic E-state index is -0.494. The number of hydrogen-bond acceptors (Lipinski definition) is 7. The van der Waals surface area contributed by atoms with Gasteiger partial charge in [-0.3, -0.25) is 24.7 Å². The van der Waals surface area contributed by atoms with E-state index in [0.29, 0.717) is 31.4 Å². The Bertz CT molecular complexity index is 999. The van der Waals surface area contributed by atoms with Crippen LogP contribution in [0.3, 0.4) is 0 Å². The molecule has 0 atom stereocenters. The van der Waals surface area contributed by atoms with E-state index in [-0.39, 0.29) is 17.2 Å². The molecule has 1 aromatic heterocycles. The van der Waals surface area contributed by atoms with Gasteiger partial charge in [0.05, 0.1) is 28.4 Å². The normalized spacial score (nSPS) is 14.8. The van der Waals surface area contributed by atoms with Gasteiger partial charge in [-0.25, -0.2) is 4.98 Å². The van der Waals surface area contributed by atoms with E-state index < -0.39 is 4.92 Å². The van der Waals surface area contributed by atoms with Crippen LogP contribution < -0.4 is 4.90 Å². The lowest BCUT2D eigenvalue weighted by Gasteiger charge is -2.29. The van der Waals surface area contributed by atoms with Crippen molar-refractivity contribution in [2.24, 2.45) is 0 Å². The van der Waals surface area contributed by atoms with Crippen LogP contribution in [-0.2, 0) is 4.74 Å². The van der Waals surface area contributed by atoms with E-state index in [1.54, 1.807) is 11.0 Å². The van der Waals surface area contributed by atoms with Gasteiger partial charge in [0.1, 0.15) is 0 Å². The molecule has 9 heteroatoms. The van der Waals surface area contributed by atoms with E-state index in [1.165, 1.54) is 29.5 Å². The van der Waals surface area contributed by atoms with E-state index in [0.717, 1.165) is 23.3 Å². The summed E-state index contributed by atoms with van der Waals surface area (Å²) in [6, 6.07) is 13.6. The lowest BCUT2D eigenvalue weighted by molar-refractivity contribution is -0.384. The third-order valence-electron chi connectivity index (χ3n) is 4.81. The molecule has 29 heavy (non-hydrogen) atoms. The second-order valence-corrected chi connectivity index (χ2v) is 7.69. The van der Waals surface area contributed by atoms with Gasteiger partial charge in [0, 0.05) is 43.9 Å². The number of nitro groups is 1. The average Bonchev–Trinajstić information content (AvgIpc) is 3.18. The molecule has 2 heterocycles. The minimum Gasteiger partial charge on any atom is -0.379 e. The first-order valence-corrected chi connectivity index (χ1v) is 10.2. The number of benzene rings is 2. The Balaban J connectivity index is 1.64. The smallest absolute Gasteiger partial charge is 0.270 e. The summed E-state index contributed by atoms with van der Waals surface area (Å²) < 4.78 is 6.38. The Hall–Kier alpha value is -2.88. The maximum atomic E-state index is 13.3. The molecule has 2 aromatic carbocycles. The number of fused-ring (bicyclic) bond motifs is 1. The predicted molar refractivity (Wildman–Crippen MR) is 112 cm³/mol. The van der Waals surface area contributed by atoms with Gasteiger partial charge in [-0.05, 0) is 18.2 Å². The number of thiazole rings is 1. The van der Waals surface area contributed by atoms with Crippen LogP contribution >= 0.6 is 11.3 Å². The van der Waals surface area contributed by atoms with E-state index in [2.05, 4.69) is 9.88 Å². The highest BCUT2D eigenvalue weighted by Gasteiger charge is 2.24. The largest absolute Gasteiger partial charge is 0.379 e. The number of nitrogens with zero attached hydrogens (tertiary/aromatic N) is 4. The van der Waals surface area contributed by atoms with E-state index in [4.69, 9.17) is 4.74 Å². The Labute approximate surface area is 171 Å². The molecule has 0 saturated carbocycles. The van der Waals surface area contributed by atoms with Crippen molar-refractivity contribution >= 4 is 38.3 Å². The van der Waals surface area contributed by atoms with E-state index in [1.807, 2.05) is 24.3 Å². The van der Waals surface area contributed by atoms with Crippen LogP contribution in [-0.4, -0.2) is 60.1 Å². The van der Waals surface area contributed by atoms with Crippen molar-refractivity contribution in [1.29, 1.82) is 0 Å². The molecular formula is C20H20N4O4S. The van der Waals surface area contributed by atoms with Gasteiger partial charge in [0.25, 0.3) is 11.6 Å². The molecule has 1 aliphatic rings. The first kappa shape index (κ1) is 19.4. The molecule has 0 bridgehead atoms. The molecule has 1 aliphatic heterocycles. The Morgan fingerprint density at radius 1 is 1.21 bits per heavy atom. The molecule has 3 aromatic rings. The van der Waals surface area contributed by atoms with Crippen LogP contribution in [0.4, 0.5) is 10.8 Å². The first-order valence-electron chi connectivity index (χ1n) is 9.34. The monoisotopic (exact) mass is 412 g/mol. The molecule has 0 unspecified atom stereocenters. The number of morpholine rings is 1. The van der Waals surface area contributed by atoms with Crippen molar-refractivity contribution < 1.29 is 14.5 Å². The van der Waals surface area contributed by atoms with Gasteiger partial charge in [-0.15, -0.1) is 0 Å². The van der Waals surface area contributed by atoms with Crippen molar-refractivity contribution in [3.63, 3.8) is 0 Å². The van der Waals surface area contributed by atoms with Crippen LogP contribution in [0.25, 0.3) is 10.2 Å². The number of non-ortho nitro benzene ring substituents is 1. The number of carbonyl (C=O) groups excluding carboxylic acids is 1. The Morgan fingerprint density at radius 2 is 2.00 bits per heavy atom. The van der Waals surface area contributed by atoms with Crippen molar-refractivity contribution in [1.82, 2.24) is 9.88 Å². The number of anilines is 1. The molecule has 8 nitrogen and oxygen atoms in total. The summed E-state index contributed by atoms with van der Waals surface area (Å²) in [6.45, 7) is 4.12. The summed E-state index contributed by atoms with van der Waals surface area (Å²) in [4.78, 5) is 32.4. The van der Waals surface area contributed by atoms with E-state index in [9.17, 15) is 14.9 Å². The Morgan fingerprint density at radius 3 is 2.76 bits per heavy atom. The minimum absolute atomic E-state index is 0.103. The maximum Gasteiger partial charge on any atom is 0.270 e. The third-order valence-corrected chi connectivity index (χ3v) is 5.87. The molecule has 1 fully saturated rings. The molecular weight excluding hydrogens is 392 g/mol.